The van der Waals surface area contributed by atoms with Crippen LogP contribution in [-0.2, 0) is 0 Å². The van der Waals surface area contributed by atoms with E-state index in [1.54, 1.807) is 0 Å². The zero-order valence-electron chi connectivity index (χ0n) is 17.9. The first-order chi connectivity index (χ1) is 14.8. The Morgan fingerprint density at radius 2 is 1.43 bits per heavy atom. The molecule has 0 aliphatic carbocycles. The maximum atomic E-state index is 3.94. The Balaban J connectivity index is 1.60. The quantitative estimate of drug-likeness (QED) is 0.361. The summed E-state index contributed by atoms with van der Waals surface area (Å²) in [7, 11) is 0. The highest BCUT2D eigenvalue weighted by Gasteiger charge is 2.35. The molecule has 1 heterocycles. The number of rotatable bonds is 5. The third kappa shape index (κ3) is 3.41. The zero-order chi connectivity index (χ0) is 20.5. The highest BCUT2D eigenvalue weighted by Crippen LogP contribution is 2.43. The lowest BCUT2D eigenvalue weighted by molar-refractivity contribution is 0.349. The van der Waals surface area contributed by atoms with Gasteiger partial charge in [0.25, 0.3) is 0 Å². The summed E-state index contributed by atoms with van der Waals surface area (Å²) in [6, 6.07) is 29.6. The maximum absolute atomic E-state index is 3.94. The maximum Gasteiger partial charge on any atom is 0.0582 e. The van der Waals surface area contributed by atoms with Gasteiger partial charge in [0, 0.05) is 23.3 Å². The van der Waals surface area contributed by atoms with Gasteiger partial charge in [-0.15, -0.1) is 0 Å². The lowest BCUT2D eigenvalue weighted by Crippen LogP contribution is -2.40. The van der Waals surface area contributed by atoms with Crippen molar-refractivity contribution in [2.75, 3.05) is 10.6 Å². The molecule has 0 fully saturated rings. The fraction of sp³-hybridized carbons (Fsp3) is 0.286. The predicted molar refractivity (Wildman–Crippen MR) is 130 cm³/mol. The number of anilines is 2. The van der Waals surface area contributed by atoms with Crippen LogP contribution in [0.3, 0.4) is 0 Å². The van der Waals surface area contributed by atoms with Gasteiger partial charge in [0.1, 0.15) is 0 Å². The van der Waals surface area contributed by atoms with E-state index >= 15 is 0 Å². The second-order valence-electron chi connectivity index (χ2n) is 8.58. The second-order valence-corrected chi connectivity index (χ2v) is 8.58. The molecule has 3 unspecified atom stereocenters. The van der Waals surface area contributed by atoms with Crippen LogP contribution in [0.2, 0.25) is 0 Å². The van der Waals surface area contributed by atoms with Crippen LogP contribution in [0, 0.1) is 5.92 Å². The van der Waals surface area contributed by atoms with Crippen molar-refractivity contribution in [2.45, 2.75) is 45.2 Å². The van der Waals surface area contributed by atoms with Gasteiger partial charge in [-0.3, -0.25) is 0 Å². The average molecular weight is 395 g/mol. The molecule has 3 atom stereocenters. The highest BCUT2D eigenvalue weighted by molar-refractivity contribution is 5.89. The number of hydrogen-bond donors (Lipinski definition) is 2. The first-order valence-electron chi connectivity index (χ1n) is 11.3. The van der Waals surface area contributed by atoms with Gasteiger partial charge in [-0.1, -0.05) is 74.9 Å². The molecular weight excluding hydrogens is 364 g/mol. The average Bonchev–Trinajstić information content (AvgIpc) is 2.78. The van der Waals surface area contributed by atoms with Gasteiger partial charge in [0.2, 0.25) is 0 Å². The van der Waals surface area contributed by atoms with Crippen LogP contribution in [0.15, 0.2) is 78.9 Å². The molecule has 0 saturated carbocycles. The van der Waals surface area contributed by atoms with Crippen LogP contribution in [0.1, 0.15) is 44.7 Å². The van der Waals surface area contributed by atoms with E-state index < -0.39 is 0 Å². The Hall–Kier alpha value is -3.00. The van der Waals surface area contributed by atoms with Crippen LogP contribution in [0.25, 0.3) is 21.5 Å². The molecule has 1 aliphatic heterocycles. The number of fused-ring (bicyclic) bond motifs is 3. The number of hydrogen-bond acceptors (Lipinski definition) is 2. The Morgan fingerprint density at radius 3 is 2.13 bits per heavy atom. The summed E-state index contributed by atoms with van der Waals surface area (Å²) in [4.78, 5) is 0. The summed E-state index contributed by atoms with van der Waals surface area (Å²) >= 11 is 0. The molecule has 4 aromatic rings. The van der Waals surface area contributed by atoms with Crippen molar-refractivity contribution in [3.8, 4) is 0 Å². The lowest BCUT2D eigenvalue weighted by Gasteiger charge is -2.41. The van der Waals surface area contributed by atoms with E-state index in [2.05, 4.69) is 103 Å². The van der Waals surface area contributed by atoms with E-state index in [0.717, 1.165) is 6.42 Å². The molecule has 0 spiro atoms. The van der Waals surface area contributed by atoms with Gasteiger partial charge in [-0.25, -0.2) is 0 Å². The Bertz CT molecular complexity index is 1180. The predicted octanol–water partition coefficient (Wildman–Crippen LogP) is 7.77. The Labute approximate surface area is 179 Å². The molecule has 1 aliphatic rings. The third-order valence-electron chi connectivity index (χ3n) is 6.68. The van der Waals surface area contributed by atoms with Gasteiger partial charge in [0.05, 0.1) is 6.04 Å². The van der Waals surface area contributed by atoms with Crippen molar-refractivity contribution >= 4 is 32.9 Å². The fourth-order valence-corrected chi connectivity index (χ4v) is 5.17. The summed E-state index contributed by atoms with van der Waals surface area (Å²) in [5.41, 5.74) is 3.88. The van der Waals surface area contributed by atoms with E-state index in [-0.39, 0.29) is 0 Å². The largest absolute Gasteiger partial charge is 0.382 e. The number of nitrogens with one attached hydrogen (secondary N) is 2. The summed E-state index contributed by atoms with van der Waals surface area (Å²) < 4.78 is 0. The molecule has 2 nitrogen and oxygen atoms in total. The molecule has 4 aromatic carbocycles. The minimum atomic E-state index is 0.300. The standard InChI is InChI=1S/C28H30N2/c1-3-9-26-24(4-2)28(29-23-15-14-19-10-5-6-11-20(19)16-23)25-17-21-12-7-8-13-22(21)18-27(25)30-26/h5-8,10-18,24,26,28-30H,3-4,9H2,1-2H3. The molecule has 30 heavy (non-hydrogen) atoms. The fourth-order valence-electron chi connectivity index (χ4n) is 5.17. The molecule has 0 amide bonds. The van der Waals surface area contributed by atoms with Crippen molar-refractivity contribution in [3.63, 3.8) is 0 Å². The van der Waals surface area contributed by atoms with Crippen LogP contribution in [0.5, 0.6) is 0 Å². The van der Waals surface area contributed by atoms with E-state index in [9.17, 15) is 0 Å². The first kappa shape index (κ1) is 19.0. The van der Waals surface area contributed by atoms with Crippen molar-refractivity contribution in [1.82, 2.24) is 0 Å². The van der Waals surface area contributed by atoms with Gasteiger partial charge in [-0.05, 0) is 64.2 Å². The van der Waals surface area contributed by atoms with Crippen LogP contribution >= 0.6 is 0 Å². The normalized spacial score (nSPS) is 20.7. The SMILES string of the molecule is CCCC1Nc2cc3ccccc3cc2C(Nc2ccc3ccccc3c2)C1CC. The number of benzene rings is 4. The molecule has 2 N–H and O–H groups in total. The van der Waals surface area contributed by atoms with E-state index in [4.69, 9.17) is 0 Å². The van der Waals surface area contributed by atoms with Crippen molar-refractivity contribution in [1.29, 1.82) is 0 Å². The Kier molecular flexibility index (Phi) is 5.08. The summed E-state index contributed by atoms with van der Waals surface area (Å²) in [6.07, 6.45) is 3.54. The van der Waals surface area contributed by atoms with Crippen molar-refractivity contribution in [2.24, 2.45) is 5.92 Å². The molecule has 5 rings (SSSR count). The minimum absolute atomic E-state index is 0.300. The van der Waals surface area contributed by atoms with Gasteiger partial charge in [0.15, 0.2) is 0 Å². The van der Waals surface area contributed by atoms with E-state index in [1.165, 1.54) is 51.3 Å². The van der Waals surface area contributed by atoms with Gasteiger partial charge < -0.3 is 10.6 Å². The minimum Gasteiger partial charge on any atom is -0.382 e. The molecule has 152 valence electrons. The molecule has 0 bridgehead atoms. The Morgan fingerprint density at radius 1 is 0.767 bits per heavy atom. The highest BCUT2D eigenvalue weighted by atomic mass is 15.0. The van der Waals surface area contributed by atoms with Crippen LogP contribution in [-0.4, -0.2) is 6.04 Å². The lowest BCUT2D eigenvalue weighted by atomic mass is 9.78. The third-order valence-corrected chi connectivity index (χ3v) is 6.68. The molecule has 0 saturated heterocycles. The molecule has 0 aromatic heterocycles. The van der Waals surface area contributed by atoms with Crippen LogP contribution in [0.4, 0.5) is 11.4 Å². The van der Waals surface area contributed by atoms with Gasteiger partial charge in [-0.2, -0.15) is 0 Å². The molecule has 0 radical (unpaired) electrons. The molecular formula is C28H30N2. The molecule has 2 heteroatoms. The summed E-state index contributed by atoms with van der Waals surface area (Å²) in [6.45, 7) is 4.62. The van der Waals surface area contributed by atoms with Gasteiger partial charge >= 0.3 is 0 Å². The summed E-state index contributed by atoms with van der Waals surface area (Å²) in [5, 5.41) is 13.0. The monoisotopic (exact) mass is 394 g/mol. The zero-order valence-corrected chi connectivity index (χ0v) is 17.9. The summed E-state index contributed by atoms with van der Waals surface area (Å²) in [5.74, 6) is 0.546. The van der Waals surface area contributed by atoms with Crippen LogP contribution < -0.4 is 10.6 Å². The first-order valence-corrected chi connectivity index (χ1v) is 11.3. The second kappa shape index (κ2) is 8.02. The smallest absolute Gasteiger partial charge is 0.0582 e. The van der Waals surface area contributed by atoms with Crippen molar-refractivity contribution in [3.05, 3.63) is 84.4 Å². The topological polar surface area (TPSA) is 24.1 Å². The van der Waals surface area contributed by atoms with E-state index in [1.807, 2.05) is 0 Å². The van der Waals surface area contributed by atoms with Crippen molar-refractivity contribution < 1.29 is 0 Å². The van der Waals surface area contributed by atoms with E-state index in [0.29, 0.717) is 18.0 Å².